The normalized spacial score (nSPS) is 15.5. The lowest BCUT2D eigenvalue weighted by Gasteiger charge is -2.29. The standard InChI is InChI=1S/C25H22FN3O2S/c1-14-9-10-15(2)22(11-14)28-16(3)12-18(17(28)4)13-19-23(30)27-25(32)29(24(19)31)21-8-6-5-7-20(21)26/h5-13H,1-4H3,(H,27,30,32)/b19-13+. The van der Waals surface area contributed by atoms with Crippen LogP contribution in [0.25, 0.3) is 11.8 Å². The van der Waals surface area contributed by atoms with Gasteiger partial charge in [0.05, 0.1) is 5.69 Å². The SMILES string of the molecule is Cc1ccc(C)c(-n2c(C)cc(/C=C3\C(=O)NC(=S)N(c4ccccc4F)C3=O)c2C)c1. The largest absolute Gasteiger partial charge is 0.318 e. The molecular formula is C25H22FN3O2S. The molecule has 2 aromatic carbocycles. The molecule has 4 rings (SSSR count). The molecule has 1 aliphatic heterocycles. The fourth-order valence-corrected chi connectivity index (χ4v) is 4.20. The first-order valence-corrected chi connectivity index (χ1v) is 10.5. The van der Waals surface area contributed by atoms with Crippen LogP contribution in [0.15, 0.2) is 54.1 Å². The first-order valence-electron chi connectivity index (χ1n) is 10.1. The molecule has 32 heavy (non-hydrogen) atoms. The van der Waals surface area contributed by atoms with Crippen molar-refractivity contribution < 1.29 is 14.0 Å². The van der Waals surface area contributed by atoms with Crippen molar-refractivity contribution in [1.29, 1.82) is 0 Å². The third kappa shape index (κ3) is 3.65. The lowest BCUT2D eigenvalue weighted by atomic mass is 10.1. The molecule has 0 aliphatic carbocycles. The van der Waals surface area contributed by atoms with E-state index in [9.17, 15) is 14.0 Å². The van der Waals surface area contributed by atoms with Crippen LogP contribution >= 0.6 is 12.2 Å². The fraction of sp³-hybridized carbons (Fsp3) is 0.160. The van der Waals surface area contributed by atoms with E-state index >= 15 is 0 Å². The number of thiocarbonyl (C=S) groups is 1. The first kappa shape index (κ1) is 21.6. The highest BCUT2D eigenvalue weighted by Gasteiger charge is 2.35. The number of carbonyl (C=O) groups excluding carboxylic acids is 2. The monoisotopic (exact) mass is 447 g/mol. The molecule has 1 aromatic heterocycles. The van der Waals surface area contributed by atoms with E-state index in [1.54, 1.807) is 6.07 Å². The summed E-state index contributed by atoms with van der Waals surface area (Å²) in [5.41, 5.74) is 5.75. The summed E-state index contributed by atoms with van der Waals surface area (Å²) in [7, 11) is 0. The Morgan fingerprint density at radius 3 is 2.41 bits per heavy atom. The lowest BCUT2D eigenvalue weighted by molar-refractivity contribution is -0.122. The van der Waals surface area contributed by atoms with E-state index in [0.717, 1.165) is 38.7 Å². The summed E-state index contributed by atoms with van der Waals surface area (Å²) in [5.74, 6) is -1.88. The summed E-state index contributed by atoms with van der Waals surface area (Å²) in [6.07, 6.45) is 1.54. The Balaban J connectivity index is 1.81. The summed E-state index contributed by atoms with van der Waals surface area (Å²) in [6.45, 7) is 7.98. The summed E-state index contributed by atoms with van der Waals surface area (Å²) in [6, 6.07) is 14.0. The molecule has 1 N–H and O–H groups in total. The van der Waals surface area contributed by atoms with Gasteiger partial charge in [-0.25, -0.2) is 9.29 Å². The average Bonchev–Trinajstić information content (AvgIpc) is 3.01. The van der Waals surface area contributed by atoms with Crippen LogP contribution in [-0.2, 0) is 9.59 Å². The van der Waals surface area contributed by atoms with Crippen LogP contribution in [0.1, 0.15) is 28.1 Å². The van der Waals surface area contributed by atoms with E-state index in [-0.39, 0.29) is 16.4 Å². The zero-order chi connectivity index (χ0) is 23.2. The quantitative estimate of drug-likeness (QED) is 0.360. The van der Waals surface area contributed by atoms with Gasteiger partial charge >= 0.3 is 0 Å². The third-order valence-electron chi connectivity index (χ3n) is 5.57. The number of amides is 2. The molecule has 162 valence electrons. The van der Waals surface area contributed by atoms with Crippen molar-refractivity contribution in [3.05, 3.63) is 88.0 Å². The molecule has 3 aromatic rings. The molecule has 1 saturated heterocycles. The lowest BCUT2D eigenvalue weighted by Crippen LogP contribution is -2.54. The minimum Gasteiger partial charge on any atom is -0.318 e. The number of para-hydroxylation sites is 1. The van der Waals surface area contributed by atoms with Gasteiger partial charge in [0, 0.05) is 17.1 Å². The molecule has 0 atom stereocenters. The zero-order valence-electron chi connectivity index (χ0n) is 18.2. The van der Waals surface area contributed by atoms with Crippen molar-refractivity contribution in [3.63, 3.8) is 0 Å². The Bertz CT molecular complexity index is 1320. The minimum absolute atomic E-state index is 0.00532. The maximum absolute atomic E-state index is 14.4. The molecule has 2 heterocycles. The number of halogens is 1. The van der Waals surface area contributed by atoms with E-state index in [0.29, 0.717) is 0 Å². The number of hydrogen-bond donors (Lipinski definition) is 1. The highest BCUT2D eigenvalue weighted by Crippen LogP contribution is 2.28. The maximum atomic E-state index is 14.4. The van der Waals surface area contributed by atoms with Gasteiger partial charge in [-0.05, 0) is 86.9 Å². The van der Waals surface area contributed by atoms with E-state index in [1.807, 2.05) is 33.8 Å². The summed E-state index contributed by atoms with van der Waals surface area (Å²) >= 11 is 5.16. The number of nitrogens with one attached hydrogen (secondary N) is 1. The summed E-state index contributed by atoms with van der Waals surface area (Å²) in [4.78, 5) is 26.9. The van der Waals surface area contributed by atoms with Gasteiger partial charge in [-0.1, -0.05) is 24.3 Å². The Morgan fingerprint density at radius 1 is 0.969 bits per heavy atom. The van der Waals surface area contributed by atoms with Crippen LogP contribution in [0.3, 0.4) is 0 Å². The average molecular weight is 448 g/mol. The van der Waals surface area contributed by atoms with Gasteiger partial charge in [-0.15, -0.1) is 0 Å². The summed E-state index contributed by atoms with van der Waals surface area (Å²) < 4.78 is 16.5. The van der Waals surface area contributed by atoms with E-state index in [4.69, 9.17) is 12.2 Å². The van der Waals surface area contributed by atoms with Crippen LogP contribution in [-0.4, -0.2) is 21.5 Å². The van der Waals surface area contributed by atoms with Crippen LogP contribution < -0.4 is 10.2 Å². The molecule has 0 radical (unpaired) electrons. The van der Waals surface area contributed by atoms with Crippen molar-refractivity contribution in [2.45, 2.75) is 27.7 Å². The number of anilines is 1. The van der Waals surface area contributed by atoms with Crippen molar-refractivity contribution in [3.8, 4) is 5.69 Å². The predicted molar refractivity (Wildman–Crippen MR) is 127 cm³/mol. The maximum Gasteiger partial charge on any atom is 0.270 e. The number of carbonyl (C=O) groups is 2. The fourth-order valence-electron chi connectivity index (χ4n) is 3.93. The molecule has 2 amide bonds. The minimum atomic E-state index is -0.666. The van der Waals surface area contributed by atoms with Gasteiger partial charge < -0.3 is 4.57 Å². The third-order valence-corrected chi connectivity index (χ3v) is 5.86. The zero-order valence-corrected chi connectivity index (χ0v) is 19.0. The number of aryl methyl sites for hydroxylation is 3. The van der Waals surface area contributed by atoms with Gasteiger partial charge in [-0.2, -0.15) is 0 Å². The Labute approximate surface area is 191 Å². The first-order chi connectivity index (χ1) is 15.2. The van der Waals surface area contributed by atoms with Gasteiger partial charge in [0.1, 0.15) is 11.4 Å². The molecule has 0 unspecified atom stereocenters. The van der Waals surface area contributed by atoms with Crippen LogP contribution in [0.2, 0.25) is 0 Å². The molecule has 1 aliphatic rings. The number of rotatable bonds is 3. The molecule has 7 heteroatoms. The number of benzene rings is 2. The van der Waals surface area contributed by atoms with Gasteiger partial charge in [0.25, 0.3) is 11.8 Å². The predicted octanol–water partition coefficient (Wildman–Crippen LogP) is 4.68. The second kappa shape index (κ2) is 8.16. The van der Waals surface area contributed by atoms with E-state index in [2.05, 4.69) is 28.1 Å². The second-order valence-corrected chi connectivity index (χ2v) is 8.25. The highest BCUT2D eigenvalue weighted by molar-refractivity contribution is 7.80. The molecule has 0 bridgehead atoms. The van der Waals surface area contributed by atoms with Crippen molar-refractivity contribution >= 4 is 40.9 Å². The van der Waals surface area contributed by atoms with Crippen molar-refractivity contribution in [2.75, 3.05) is 4.90 Å². The van der Waals surface area contributed by atoms with Crippen LogP contribution in [0.5, 0.6) is 0 Å². The topological polar surface area (TPSA) is 54.3 Å². The van der Waals surface area contributed by atoms with Crippen molar-refractivity contribution in [2.24, 2.45) is 0 Å². The molecule has 0 spiro atoms. The van der Waals surface area contributed by atoms with Crippen molar-refractivity contribution in [1.82, 2.24) is 9.88 Å². The number of aromatic nitrogens is 1. The van der Waals surface area contributed by atoms with Crippen LogP contribution in [0.4, 0.5) is 10.1 Å². The highest BCUT2D eigenvalue weighted by atomic mass is 32.1. The number of nitrogens with zero attached hydrogens (tertiary/aromatic N) is 2. The van der Waals surface area contributed by atoms with Gasteiger partial charge in [0.2, 0.25) is 0 Å². The number of hydrogen-bond acceptors (Lipinski definition) is 3. The van der Waals surface area contributed by atoms with Crippen LogP contribution in [0, 0.1) is 33.5 Å². The molecular weight excluding hydrogens is 425 g/mol. The van der Waals surface area contributed by atoms with Gasteiger partial charge in [0.15, 0.2) is 5.11 Å². The Hall–Kier alpha value is -3.58. The second-order valence-electron chi connectivity index (χ2n) is 7.86. The molecule has 0 saturated carbocycles. The summed E-state index contributed by atoms with van der Waals surface area (Å²) in [5, 5.41) is 2.35. The smallest absolute Gasteiger partial charge is 0.270 e. The Morgan fingerprint density at radius 2 is 1.69 bits per heavy atom. The van der Waals surface area contributed by atoms with E-state index in [1.165, 1.54) is 24.3 Å². The molecule has 5 nitrogen and oxygen atoms in total. The Kier molecular flexibility index (Phi) is 5.52. The van der Waals surface area contributed by atoms with Gasteiger partial charge in [-0.3, -0.25) is 14.9 Å². The van der Waals surface area contributed by atoms with E-state index < -0.39 is 17.6 Å². The molecule has 1 fully saturated rings.